The Morgan fingerprint density at radius 1 is 0.950 bits per heavy atom. The number of benzene rings is 2. The second kappa shape index (κ2) is 11.4. The molecule has 0 amide bonds. The third kappa shape index (κ3) is 5.76. The molecule has 0 aliphatic carbocycles. The molecule has 1 saturated heterocycles. The molecule has 15 nitrogen and oxygen atoms in total. The predicted octanol–water partition coefficient (Wildman–Crippen LogP) is -0.166. The van der Waals surface area contributed by atoms with E-state index in [0.717, 1.165) is 12.1 Å². The lowest BCUT2D eigenvalue weighted by Crippen LogP contribution is -2.59. The standard InChI is InChI=1S/C25H26O15/c1-36-15-3-9(2-13(28)20(15)32)24-16(6-11-12(27)4-10(26)5-14(11)38-24)39-25-23(35)22(34)21(33)17(40-25)8-37-19(31)7-18(29)30/h2-6,17,21-28,32-35H,7-8H2,1H3,(H,29,30). The first kappa shape index (κ1) is 28.6. The summed E-state index contributed by atoms with van der Waals surface area (Å²) in [6, 6.07) is 4.64. The minimum Gasteiger partial charge on any atom is -0.508 e. The van der Waals surface area contributed by atoms with Crippen molar-refractivity contribution in [2.24, 2.45) is 0 Å². The number of aromatic hydroxyl groups is 4. The number of aliphatic hydroxyl groups excluding tert-OH is 3. The highest BCUT2D eigenvalue weighted by Crippen LogP contribution is 2.47. The third-order valence-electron chi connectivity index (χ3n) is 6.12. The molecule has 2 aromatic carbocycles. The second-order valence-electron chi connectivity index (χ2n) is 8.90. The highest BCUT2D eigenvalue weighted by Gasteiger charge is 2.46. The van der Waals surface area contributed by atoms with Crippen molar-refractivity contribution in [2.75, 3.05) is 13.7 Å². The minimum absolute atomic E-state index is 0.00910. The number of carbonyl (C=O) groups is 2. The maximum absolute atomic E-state index is 11.6. The van der Waals surface area contributed by atoms with Crippen molar-refractivity contribution in [1.82, 2.24) is 0 Å². The minimum atomic E-state index is -1.86. The topological polar surface area (TPSA) is 242 Å². The van der Waals surface area contributed by atoms with Crippen molar-refractivity contribution < 1.29 is 74.1 Å². The van der Waals surface area contributed by atoms with Crippen molar-refractivity contribution >= 4 is 18.0 Å². The molecule has 1 fully saturated rings. The number of hydrogen-bond acceptors (Lipinski definition) is 14. The van der Waals surface area contributed by atoms with E-state index in [-0.39, 0.29) is 34.1 Å². The zero-order valence-corrected chi connectivity index (χ0v) is 20.7. The molecule has 8 N–H and O–H groups in total. The highest BCUT2D eigenvalue weighted by atomic mass is 16.7. The number of esters is 1. The van der Waals surface area contributed by atoms with Gasteiger partial charge in [0.05, 0.1) is 12.7 Å². The molecular formula is C25H26O15. The smallest absolute Gasteiger partial charge is 0.317 e. The van der Waals surface area contributed by atoms with Gasteiger partial charge in [0.15, 0.2) is 17.6 Å². The fraction of sp³-hybridized carbons (Fsp3) is 0.360. The molecule has 2 aliphatic rings. The van der Waals surface area contributed by atoms with Gasteiger partial charge in [-0.3, -0.25) is 9.59 Å². The Kier molecular flexibility index (Phi) is 8.11. The van der Waals surface area contributed by atoms with Gasteiger partial charge in [-0.05, 0) is 18.2 Å². The summed E-state index contributed by atoms with van der Waals surface area (Å²) in [6.07, 6.45) is -9.63. The van der Waals surface area contributed by atoms with Gasteiger partial charge in [-0.15, -0.1) is 0 Å². The Bertz CT molecular complexity index is 1320. The van der Waals surface area contributed by atoms with Crippen LogP contribution in [0.2, 0.25) is 0 Å². The van der Waals surface area contributed by atoms with Crippen LogP contribution in [0, 0.1) is 0 Å². The van der Waals surface area contributed by atoms with Crippen LogP contribution < -0.4 is 9.47 Å². The number of phenols is 4. The molecule has 6 unspecified atom stereocenters. The van der Waals surface area contributed by atoms with Gasteiger partial charge in [0.1, 0.15) is 60.5 Å². The second-order valence-corrected chi connectivity index (χ2v) is 8.90. The summed E-state index contributed by atoms with van der Waals surface area (Å²) in [4.78, 5) is 22.3. The summed E-state index contributed by atoms with van der Waals surface area (Å²) in [5.74, 6) is -4.80. The third-order valence-corrected chi connectivity index (χ3v) is 6.12. The van der Waals surface area contributed by atoms with Crippen molar-refractivity contribution in [1.29, 1.82) is 0 Å². The van der Waals surface area contributed by atoms with Crippen LogP contribution in [-0.4, -0.2) is 97.2 Å². The first-order valence-electron chi connectivity index (χ1n) is 11.7. The Labute approximate surface area is 225 Å². The first-order valence-corrected chi connectivity index (χ1v) is 11.7. The Morgan fingerprint density at radius 2 is 1.68 bits per heavy atom. The zero-order valence-electron chi connectivity index (χ0n) is 20.7. The Hall–Kier alpha value is -4.44. The van der Waals surface area contributed by atoms with Crippen molar-refractivity contribution in [3.05, 3.63) is 41.2 Å². The summed E-state index contributed by atoms with van der Waals surface area (Å²) < 4.78 is 27.1. The molecule has 40 heavy (non-hydrogen) atoms. The molecule has 0 aromatic heterocycles. The van der Waals surface area contributed by atoms with E-state index < -0.39 is 79.0 Å². The van der Waals surface area contributed by atoms with Gasteiger partial charge in [-0.1, -0.05) is 0 Å². The van der Waals surface area contributed by atoms with Crippen LogP contribution in [0.25, 0.3) is 6.08 Å². The molecule has 0 saturated carbocycles. The molecule has 15 heteroatoms. The number of ether oxygens (including phenoxy) is 5. The van der Waals surface area contributed by atoms with Crippen LogP contribution in [0.15, 0.2) is 30.0 Å². The summed E-state index contributed by atoms with van der Waals surface area (Å²) in [5.41, 5.74) is 0.181. The number of phenolic OH excluding ortho intramolecular Hbond substituents is 4. The van der Waals surface area contributed by atoms with Gasteiger partial charge in [0.2, 0.25) is 12.0 Å². The summed E-state index contributed by atoms with van der Waals surface area (Å²) in [6.45, 7) is -0.693. The molecule has 6 atom stereocenters. The number of carboxylic acids is 1. The monoisotopic (exact) mass is 566 g/mol. The van der Waals surface area contributed by atoms with Gasteiger partial charge in [0.25, 0.3) is 0 Å². The van der Waals surface area contributed by atoms with Crippen LogP contribution in [-0.2, 0) is 23.8 Å². The number of methoxy groups -OCH3 is 1. The molecule has 2 aromatic rings. The molecule has 2 aliphatic heterocycles. The average molecular weight is 566 g/mol. The summed E-state index contributed by atoms with van der Waals surface area (Å²) >= 11 is 0. The normalized spacial score (nSPS) is 25.6. The largest absolute Gasteiger partial charge is 0.508 e. The maximum atomic E-state index is 11.6. The number of aliphatic hydroxyl groups is 3. The van der Waals surface area contributed by atoms with E-state index in [4.69, 9.17) is 28.8 Å². The van der Waals surface area contributed by atoms with Crippen LogP contribution in [0.3, 0.4) is 0 Å². The van der Waals surface area contributed by atoms with E-state index >= 15 is 0 Å². The predicted molar refractivity (Wildman–Crippen MR) is 128 cm³/mol. The van der Waals surface area contributed by atoms with Gasteiger partial charge in [-0.25, -0.2) is 0 Å². The number of rotatable bonds is 8. The lowest BCUT2D eigenvalue weighted by Gasteiger charge is -2.41. The number of carbonyl (C=O) groups excluding carboxylic acids is 1. The fourth-order valence-electron chi connectivity index (χ4n) is 4.13. The summed E-state index contributed by atoms with van der Waals surface area (Å²) in [5, 5.41) is 80.5. The highest BCUT2D eigenvalue weighted by molar-refractivity contribution is 5.90. The molecular weight excluding hydrogens is 540 g/mol. The van der Waals surface area contributed by atoms with E-state index in [1.54, 1.807) is 0 Å². The average Bonchev–Trinajstić information content (AvgIpc) is 2.89. The first-order chi connectivity index (χ1) is 18.9. The van der Waals surface area contributed by atoms with E-state index in [2.05, 4.69) is 0 Å². The number of fused-ring (bicyclic) bond motifs is 1. The molecule has 4 rings (SSSR count). The maximum Gasteiger partial charge on any atom is 0.317 e. The lowest BCUT2D eigenvalue weighted by atomic mass is 9.98. The van der Waals surface area contributed by atoms with Crippen LogP contribution in [0.4, 0.5) is 0 Å². The van der Waals surface area contributed by atoms with Gasteiger partial charge < -0.3 is 64.5 Å². The zero-order chi connectivity index (χ0) is 29.3. The molecule has 0 radical (unpaired) electrons. The fourth-order valence-corrected chi connectivity index (χ4v) is 4.13. The number of hydrogen-bond donors (Lipinski definition) is 8. The van der Waals surface area contributed by atoms with Crippen LogP contribution in [0.5, 0.6) is 34.5 Å². The molecule has 0 spiro atoms. The van der Waals surface area contributed by atoms with Crippen molar-refractivity contribution in [3.8, 4) is 34.5 Å². The van der Waals surface area contributed by atoms with E-state index in [1.807, 2.05) is 0 Å². The van der Waals surface area contributed by atoms with Gasteiger partial charge in [-0.2, -0.15) is 0 Å². The Morgan fingerprint density at radius 3 is 2.35 bits per heavy atom. The van der Waals surface area contributed by atoms with E-state index in [1.165, 1.54) is 25.3 Å². The molecule has 216 valence electrons. The summed E-state index contributed by atoms with van der Waals surface area (Å²) in [7, 11) is 1.24. The van der Waals surface area contributed by atoms with E-state index in [9.17, 15) is 45.3 Å². The van der Waals surface area contributed by atoms with E-state index in [0.29, 0.717) is 0 Å². The quantitative estimate of drug-likeness (QED) is 0.117. The number of aliphatic carboxylic acids is 1. The van der Waals surface area contributed by atoms with Gasteiger partial charge >= 0.3 is 11.9 Å². The Balaban J connectivity index is 1.67. The molecule has 2 heterocycles. The van der Waals surface area contributed by atoms with Crippen LogP contribution >= 0.6 is 0 Å². The van der Waals surface area contributed by atoms with Crippen molar-refractivity contribution in [3.63, 3.8) is 0 Å². The van der Waals surface area contributed by atoms with Gasteiger partial charge in [0, 0.05) is 17.7 Å². The number of carboxylic acid groups (broad SMARTS) is 1. The van der Waals surface area contributed by atoms with Crippen molar-refractivity contribution in [2.45, 2.75) is 43.2 Å². The lowest BCUT2D eigenvalue weighted by molar-refractivity contribution is -0.294. The molecule has 0 bridgehead atoms. The SMILES string of the molecule is COc1cc(C2Oc3cc(O)cc(O)c3C=C2OC2OC(COC(=O)CC(=O)O)C(O)C(O)C2O)cc(O)c1O. The van der Waals surface area contributed by atoms with Crippen LogP contribution in [0.1, 0.15) is 23.7 Å².